The normalized spacial score (nSPS) is 13.2. The van der Waals surface area contributed by atoms with Crippen LogP contribution in [-0.4, -0.2) is 54.8 Å². The van der Waals surface area contributed by atoms with Crippen molar-refractivity contribution in [2.24, 2.45) is 5.92 Å². The minimum atomic E-state index is -1.18. The smallest absolute Gasteiger partial charge is 0.326 e. The fraction of sp³-hybridized carbons (Fsp3) is 0.750. The van der Waals surface area contributed by atoms with E-state index in [2.05, 4.69) is 15.4 Å². The van der Waals surface area contributed by atoms with Gasteiger partial charge in [0, 0.05) is 13.0 Å². The lowest BCUT2D eigenvalue weighted by Gasteiger charge is -2.16. The van der Waals surface area contributed by atoms with E-state index < -0.39 is 24.0 Å². The number of nitrogens with one attached hydrogen (secondary N) is 2. The van der Waals surface area contributed by atoms with E-state index in [-0.39, 0.29) is 12.8 Å². The second kappa shape index (κ2) is 10.4. The third-order valence-corrected chi connectivity index (χ3v) is 3.43. The van der Waals surface area contributed by atoms with Crippen molar-refractivity contribution in [1.82, 2.24) is 10.6 Å². The number of urea groups is 1. The van der Waals surface area contributed by atoms with Gasteiger partial charge in [-0.15, -0.1) is 0 Å². The van der Waals surface area contributed by atoms with Gasteiger partial charge in [-0.3, -0.25) is 4.79 Å². The van der Waals surface area contributed by atoms with Crippen LogP contribution in [-0.2, 0) is 14.3 Å². The highest BCUT2D eigenvalue weighted by Gasteiger charge is 2.21. The molecule has 0 aromatic carbocycles. The van der Waals surface area contributed by atoms with Crippen LogP contribution in [0.25, 0.3) is 0 Å². The zero-order valence-corrected chi connectivity index (χ0v) is 12.8. The molecule has 0 fully saturated rings. The van der Waals surface area contributed by atoms with E-state index in [1.54, 1.807) is 11.8 Å². The van der Waals surface area contributed by atoms with E-state index in [0.29, 0.717) is 12.5 Å². The van der Waals surface area contributed by atoms with Gasteiger partial charge in [-0.25, -0.2) is 9.59 Å². The van der Waals surface area contributed by atoms with E-state index in [4.69, 9.17) is 5.11 Å². The Labute approximate surface area is 122 Å². The van der Waals surface area contributed by atoms with Crippen LogP contribution in [0.1, 0.15) is 19.8 Å². The van der Waals surface area contributed by atoms with Crippen molar-refractivity contribution in [3.05, 3.63) is 0 Å². The molecule has 2 atom stereocenters. The summed E-state index contributed by atoms with van der Waals surface area (Å²) in [5.74, 6) is -0.479. The number of amides is 2. The van der Waals surface area contributed by atoms with E-state index >= 15 is 0 Å². The van der Waals surface area contributed by atoms with Crippen molar-refractivity contribution in [1.29, 1.82) is 0 Å². The molecule has 1 unspecified atom stereocenters. The van der Waals surface area contributed by atoms with Crippen molar-refractivity contribution in [3.63, 3.8) is 0 Å². The number of carbonyl (C=O) groups is 3. The number of methoxy groups -OCH3 is 1. The summed E-state index contributed by atoms with van der Waals surface area (Å²) >= 11 is 1.68. The summed E-state index contributed by atoms with van der Waals surface area (Å²) in [4.78, 5) is 33.5. The largest absolute Gasteiger partial charge is 0.480 e. The molecule has 0 radical (unpaired) electrons. The predicted octanol–water partition coefficient (Wildman–Crippen LogP) is 0.691. The quantitative estimate of drug-likeness (QED) is 0.541. The molecule has 0 saturated carbocycles. The van der Waals surface area contributed by atoms with E-state index in [1.807, 2.05) is 13.2 Å². The maximum absolute atomic E-state index is 11.6. The van der Waals surface area contributed by atoms with Gasteiger partial charge >= 0.3 is 18.0 Å². The van der Waals surface area contributed by atoms with Crippen LogP contribution < -0.4 is 10.6 Å². The lowest BCUT2D eigenvalue weighted by Crippen LogP contribution is -2.47. The average Bonchev–Trinajstić information content (AvgIpc) is 2.40. The highest BCUT2D eigenvalue weighted by molar-refractivity contribution is 7.98. The number of hydrogen-bond acceptors (Lipinski definition) is 5. The molecule has 2 amide bonds. The van der Waals surface area contributed by atoms with Crippen molar-refractivity contribution in [2.75, 3.05) is 25.7 Å². The maximum Gasteiger partial charge on any atom is 0.326 e. The summed E-state index contributed by atoms with van der Waals surface area (Å²) in [5, 5.41) is 13.9. The molecule has 7 nitrogen and oxygen atoms in total. The monoisotopic (exact) mass is 306 g/mol. The van der Waals surface area contributed by atoms with Gasteiger partial charge in [0.05, 0.1) is 7.11 Å². The second-order valence-corrected chi connectivity index (χ2v) is 5.33. The number of aliphatic carboxylic acids is 1. The van der Waals surface area contributed by atoms with Gasteiger partial charge in [-0.2, -0.15) is 11.8 Å². The number of thioether (sulfide) groups is 1. The van der Waals surface area contributed by atoms with Crippen LogP contribution in [0.2, 0.25) is 0 Å². The molecular formula is C12H22N2O5S. The topological polar surface area (TPSA) is 105 Å². The molecule has 0 aromatic heterocycles. The van der Waals surface area contributed by atoms with Crippen LogP contribution in [0, 0.1) is 5.92 Å². The lowest BCUT2D eigenvalue weighted by molar-refractivity contribution is -0.142. The zero-order chi connectivity index (χ0) is 15.5. The van der Waals surface area contributed by atoms with Crippen LogP contribution in [0.15, 0.2) is 0 Å². The maximum atomic E-state index is 11.6. The second-order valence-electron chi connectivity index (χ2n) is 4.42. The van der Waals surface area contributed by atoms with Gasteiger partial charge < -0.3 is 20.5 Å². The number of ether oxygens (including phenoxy) is 1. The van der Waals surface area contributed by atoms with Crippen LogP contribution in [0.4, 0.5) is 4.79 Å². The Bertz CT molecular complexity index is 338. The summed E-state index contributed by atoms with van der Waals surface area (Å²) in [6.45, 7) is 2.46. The fourth-order valence-corrected chi connectivity index (χ4v) is 2.13. The van der Waals surface area contributed by atoms with Crippen LogP contribution >= 0.6 is 11.8 Å². The number of rotatable bonds is 9. The Kier molecular flexibility index (Phi) is 9.61. The summed E-state index contributed by atoms with van der Waals surface area (Å²) in [7, 11) is 1.23. The van der Waals surface area contributed by atoms with E-state index in [1.165, 1.54) is 7.11 Å². The van der Waals surface area contributed by atoms with Crippen LogP contribution in [0.3, 0.4) is 0 Å². The average molecular weight is 306 g/mol. The summed E-state index contributed by atoms with van der Waals surface area (Å²) in [6, 6.07) is -1.65. The third kappa shape index (κ3) is 8.63. The SMILES string of the molecule is COC(=O)CC[C@H](NC(=O)NCC(C)CSC)C(=O)O. The number of hydrogen-bond donors (Lipinski definition) is 3. The Balaban J connectivity index is 4.14. The minimum Gasteiger partial charge on any atom is -0.480 e. The van der Waals surface area contributed by atoms with Gasteiger partial charge in [-0.05, 0) is 24.3 Å². The molecule has 0 rings (SSSR count). The lowest BCUT2D eigenvalue weighted by atomic mass is 10.1. The Morgan fingerprint density at radius 1 is 1.35 bits per heavy atom. The molecule has 0 aliphatic rings. The van der Waals surface area contributed by atoms with Crippen LogP contribution in [0.5, 0.6) is 0 Å². The molecule has 116 valence electrons. The molecule has 0 bridgehead atoms. The molecule has 0 aliphatic heterocycles. The number of carboxylic acid groups (broad SMARTS) is 1. The Morgan fingerprint density at radius 2 is 2.00 bits per heavy atom. The van der Waals surface area contributed by atoms with Crippen molar-refractivity contribution in [3.8, 4) is 0 Å². The van der Waals surface area contributed by atoms with E-state index in [9.17, 15) is 14.4 Å². The Morgan fingerprint density at radius 3 is 2.50 bits per heavy atom. The first-order valence-electron chi connectivity index (χ1n) is 6.23. The predicted molar refractivity (Wildman–Crippen MR) is 76.8 cm³/mol. The minimum absolute atomic E-state index is 0.00417. The van der Waals surface area contributed by atoms with E-state index in [0.717, 1.165) is 5.75 Å². The van der Waals surface area contributed by atoms with Crippen molar-refractivity contribution >= 4 is 29.7 Å². The van der Waals surface area contributed by atoms with Gasteiger partial charge in [-0.1, -0.05) is 6.92 Å². The van der Waals surface area contributed by atoms with Gasteiger partial charge in [0.2, 0.25) is 0 Å². The molecule has 0 saturated heterocycles. The van der Waals surface area contributed by atoms with Gasteiger partial charge in [0.1, 0.15) is 6.04 Å². The standard InChI is InChI=1S/C12H22N2O5S/c1-8(7-20-3)6-13-12(18)14-9(11(16)17)4-5-10(15)19-2/h8-9H,4-7H2,1-3H3,(H,16,17)(H2,13,14,18)/t8?,9-/m0/s1. The summed E-state index contributed by atoms with van der Waals surface area (Å²) in [6.07, 6.45) is 1.91. The molecule has 0 spiro atoms. The summed E-state index contributed by atoms with van der Waals surface area (Å²) in [5.41, 5.74) is 0. The zero-order valence-electron chi connectivity index (χ0n) is 12.0. The molecule has 0 aromatic rings. The molecule has 0 aliphatic carbocycles. The molecule has 0 heterocycles. The number of carbonyl (C=O) groups excluding carboxylic acids is 2. The molecular weight excluding hydrogens is 284 g/mol. The first-order chi connectivity index (χ1) is 9.40. The molecule has 8 heteroatoms. The highest BCUT2D eigenvalue weighted by atomic mass is 32.2. The van der Waals surface area contributed by atoms with Gasteiger partial charge in [0.15, 0.2) is 0 Å². The highest BCUT2D eigenvalue weighted by Crippen LogP contribution is 2.03. The number of esters is 1. The Hall–Kier alpha value is -1.44. The third-order valence-electron chi connectivity index (χ3n) is 2.53. The van der Waals surface area contributed by atoms with Crippen molar-refractivity contribution in [2.45, 2.75) is 25.8 Å². The fourth-order valence-electron chi connectivity index (χ4n) is 1.44. The first kappa shape index (κ1) is 18.6. The van der Waals surface area contributed by atoms with Crippen molar-refractivity contribution < 1.29 is 24.2 Å². The number of carboxylic acids is 1. The summed E-state index contributed by atoms with van der Waals surface area (Å²) < 4.78 is 4.43. The first-order valence-corrected chi connectivity index (χ1v) is 7.63. The van der Waals surface area contributed by atoms with Gasteiger partial charge in [0.25, 0.3) is 0 Å². The molecule has 20 heavy (non-hydrogen) atoms. The molecule has 3 N–H and O–H groups in total.